The van der Waals surface area contributed by atoms with Crippen molar-refractivity contribution in [3.05, 3.63) is 0 Å². The highest BCUT2D eigenvalue weighted by Crippen LogP contribution is 1.98. The molecule has 0 aromatic heterocycles. The van der Waals surface area contributed by atoms with Gasteiger partial charge in [-0.15, -0.1) is 23.2 Å². The first-order valence-electron chi connectivity index (χ1n) is 1.34. The maximum Gasteiger partial charge on any atom is 0.246 e. The fourth-order valence-corrected chi connectivity index (χ4v) is 0.567. The van der Waals surface area contributed by atoms with E-state index in [0.717, 1.165) is 0 Å². The SMILES string of the molecule is [Si]OCC(Cl)Cl. The Balaban J connectivity index is 2.63. The molecule has 0 aliphatic rings. The molecule has 1 nitrogen and oxygen atoms in total. The third-order valence-corrected chi connectivity index (χ3v) is 0.628. The Bertz CT molecular complexity index is 32.7. The zero-order chi connectivity index (χ0) is 4.99. The molecule has 4 heteroatoms. The summed E-state index contributed by atoms with van der Waals surface area (Å²) in [7, 11) is 2.72. The zero-order valence-electron chi connectivity index (χ0n) is 2.95. The number of hydrogen-bond acceptors (Lipinski definition) is 1. The van der Waals surface area contributed by atoms with Gasteiger partial charge in [-0.05, 0) is 0 Å². The summed E-state index contributed by atoms with van der Waals surface area (Å²) in [5.41, 5.74) is 0. The van der Waals surface area contributed by atoms with Crippen LogP contribution >= 0.6 is 23.2 Å². The van der Waals surface area contributed by atoms with Crippen molar-refractivity contribution in [2.75, 3.05) is 6.61 Å². The molecule has 35 valence electrons. The van der Waals surface area contributed by atoms with Gasteiger partial charge < -0.3 is 4.43 Å². The van der Waals surface area contributed by atoms with Crippen LogP contribution in [0.4, 0.5) is 0 Å². The fourth-order valence-electron chi connectivity index (χ4n) is 0.0630. The minimum absolute atomic E-state index is 0.319. The summed E-state index contributed by atoms with van der Waals surface area (Å²) in [6.45, 7) is 0.319. The highest BCUT2D eigenvalue weighted by Gasteiger charge is 1.91. The lowest BCUT2D eigenvalue weighted by Gasteiger charge is -1.93. The van der Waals surface area contributed by atoms with Crippen molar-refractivity contribution in [3.63, 3.8) is 0 Å². The number of alkyl halides is 2. The highest BCUT2D eigenvalue weighted by molar-refractivity contribution is 6.44. The molecule has 0 atom stereocenters. The lowest BCUT2D eigenvalue weighted by atomic mass is 10.9. The highest BCUT2D eigenvalue weighted by atomic mass is 35.5. The van der Waals surface area contributed by atoms with E-state index in [4.69, 9.17) is 23.2 Å². The van der Waals surface area contributed by atoms with Crippen LogP contribution in [0.2, 0.25) is 0 Å². The van der Waals surface area contributed by atoms with E-state index < -0.39 is 4.84 Å². The van der Waals surface area contributed by atoms with Crippen LogP contribution in [0.15, 0.2) is 0 Å². The predicted molar refractivity (Wildman–Crippen MR) is 27.2 cm³/mol. The second-order valence-electron chi connectivity index (χ2n) is 0.702. The summed E-state index contributed by atoms with van der Waals surface area (Å²) in [5, 5.41) is 0. The molecule has 0 aromatic rings. The standard InChI is InChI=1S/C2H3Cl2OSi/c3-2(4)1-5-6/h2H,1H2. The van der Waals surface area contributed by atoms with Gasteiger partial charge in [-0.1, -0.05) is 0 Å². The van der Waals surface area contributed by atoms with E-state index in [-0.39, 0.29) is 0 Å². The average molecular weight is 142 g/mol. The van der Waals surface area contributed by atoms with Gasteiger partial charge in [-0.25, -0.2) is 0 Å². The molecule has 0 saturated heterocycles. The summed E-state index contributed by atoms with van der Waals surface area (Å²) in [6.07, 6.45) is 0. The van der Waals surface area contributed by atoms with E-state index in [9.17, 15) is 0 Å². The Labute approximate surface area is 50.1 Å². The smallest absolute Gasteiger partial charge is 0.246 e. The van der Waals surface area contributed by atoms with E-state index in [1.807, 2.05) is 0 Å². The Morgan fingerprint density at radius 2 is 2.17 bits per heavy atom. The lowest BCUT2D eigenvalue weighted by Crippen LogP contribution is -1.97. The Hall–Kier alpha value is 0.757. The molecule has 0 saturated carbocycles. The van der Waals surface area contributed by atoms with Crippen molar-refractivity contribution >= 4 is 33.7 Å². The molecule has 0 bridgehead atoms. The van der Waals surface area contributed by atoms with E-state index in [2.05, 4.69) is 14.9 Å². The van der Waals surface area contributed by atoms with Gasteiger partial charge in [0, 0.05) is 0 Å². The van der Waals surface area contributed by atoms with Gasteiger partial charge in [0.15, 0.2) is 0 Å². The van der Waals surface area contributed by atoms with Gasteiger partial charge in [0.25, 0.3) is 0 Å². The number of rotatable bonds is 2. The van der Waals surface area contributed by atoms with Crippen molar-refractivity contribution in [3.8, 4) is 0 Å². The van der Waals surface area contributed by atoms with Crippen LogP contribution in [0, 0.1) is 0 Å². The molecule has 0 rings (SSSR count). The molecule has 0 spiro atoms. The second-order valence-corrected chi connectivity index (χ2v) is 2.27. The maximum absolute atomic E-state index is 5.19. The first kappa shape index (κ1) is 6.76. The molecule has 0 N–H and O–H groups in total. The van der Waals surface area contributed by atoms with E-state index in [0.29, 0.717) is 6.61 Å². The number of hydrogen-bond donors (Lipinski definition) is 0. The van der Waals surface area contributed by atoms with Crippen LogP contribution in [-0.2, 0) is 4.43 Å². The van der Waals surface area contributed by atoms with Crippen LogP contribution in [0.3, 0.4) is 0 Å². The molecule has 0 unspecified atom stereocenters. The second kappa shape index (κ2) is 3.93. The largest absolute Gasteiger partial charge is 0.416 e. The number of halogens is 2. The van der Waals surface area contributed by atoms with Crippen LogP contribution in [-0.4, -0.2) is 21.9 Å². The normalized spacial score (nSPS) is 10.0. The van der Waals surface area contributed by atoms with Crippen molar-refractivity contribution < 1.29 is 4.43 Å². The van der Waals surface area contributed by atoms with Gasteiger partial charge in [-0.3, -0.25) is 0 Å². The molecule has 0 amide bonds. The molecule has 0 aliphatic heterocycles. The monoisotopic (exact) mass is 141 g/mol. The van der Waals surface area contributed by atoms with Crippen LogP contribution in [0.1, 0.15) is 0 Å². The Kier molecular flexibility index (Phi) is 4.43. The quantitative estimate of drug-likeness (QED) is 0.411. The van der Waals surface area contributed by atoms with Crippen molar-refractivity contribution in [2.45, 2.75) is 4.84 Å². The van der Waals surface area contributed by atoms with Gasteiger partial charge >= 0.3 is 0 Å². The molecule has 0 heterocycles. The lowest BCUT2D eigenvalue weighted by molar-refractivity contribution is 0.369. The molecular weight excluding hydrogens is 139 g/mol. The summed E-state index contributed by atoms with van der Waals surface area (Å²) in [4.78, 5) is -0.428. The van der Waals surface area contributed by atoms with Gasteiger partial charge in [-0.2, -0.15) is 0 Å². The third kappa shape index (κ3) is 4.76. The maximum atomic E-state index is 5.19. The van der Waals surface area contributed by atoms with Gasteiger partial charge in [0.05, 0.1) is 6.61 Å². The third-order valence-electron chi connectivity index (χ3n) is 0.209. The first-order valence-corrected chi connectivity index (χ1v) is 2.62. The van der Waals surface area contributed by atoms with Crippen LogP contribution in [0.5, 0.6) is 0 Å². The molecule has 0 aliphatic carbocycles. The minimum atomic E-state index is -0.428. The van der Waals surface area contributed by atoms with Crippen molar-refractivity contribution in [1.29, 1.82) is 0 Å². The van der Waals surface area contributed by atoms with E-state index in [1.54, 1.807) is 0 Å². The van der Waals surface area contributed by atoms with Crippen molar-refractivity contribution in [1.82, 2.24) is 0 Å². The molecule has 0 aromatic carbocycles. The van der Waals surface area contributed by atoms with Crippen LogP contribution in [0.25, 0.3) is 0 Å². The fraction of sp³-hybridized carbons (Fsp3) is 1.00. The topological polar surface area (TPSA) is 9.23 Å². The summed E-state index contributed by atoms with van der Waals surface area (Å²) < 4.78 is 4.34. The van der Waals surface area contributed by atoms with Crippen molar-refractivity contribution in [2.24, 2.45) is 0 Å². The van der Waals surface area contributed by atoms with E-state index >= 15 is 0 Å². The minimum Gasteiger partial charge on any atom is -0.416 e. The summed E-state index contributed by atoms with van der Waals surface area (Å²) >= 11 is 10.4. The Morgan fingerprint density at radius 1 is 1.67 bits per heavy atom. The molecule has 6 heavy (non-hydrogen) atoms. The first-order chi connectivity index (χ1) is 2.77. The zero-order valence-corrected chi connectivity index (χ0v) is 5.46. The Morgan fingerprint density at radius 3 is 2.17 bits per heavy atom. The molecule has 0 fully saturated rings. The molecular formula is C2H3Cl2OSi. The molecule has 3 radical (unpaired) electrons. The van der Waals surface area contributed by atoms with Gasteiger partial charge in [0.1, 0.15) is 4.84 Å². The predicted octanol–water partition coefficient (Wildman–Crippen LogP) is 0.890. The average Bonchev–Trinajstić information content (AvgIpc) is 1.35. The summed E-state index contributed by atoms with van der Waals surface area (Å²) in [6, 6.07) is 0. The van der Waals surface area contributed by atoms with Gasteiger partial charge in [0.2, 0.25) is 10.5 Å². The van der Waals surface area contributed by atoms with Crippen LogP contribution < -0.4 is 0 Å². The summed E-state index contributed by atoms with van der Waals surface area (Å²) in [5.74, 6) is 0. The van der Waals surface area contributed by atoms with E-state index in [1.165, 1.54) is 0 Å².